The molecule has 0 radical (unpaired) electrons. The van der Waals surface area contributed by atoms with Crippen LogP contribution in [-0.4, -0.2) is 36.5 Å². The molecule has 1 aliphatic heterocycles. The largest absolute Gasteiger partial charge is 0.336 e. The molecule has 1 unspecified atom stereocenters. The van der Waals surface area contributed by atoms with Crippen molar-refractivity contribution in [2.24, 2.45) is 5.92 Å². The van der Waals surface area contributed by atoms with Gasteiger partial charge >= 0.3 is 0 Å². The van der Waals surface area contributed by atoms with Crippen molar-refractivity contribution < 1.29 is 4.79 Å². The summed E-state index contributed by atoms with van der Waals surface area (Å²) in [5.74, 6) is 0.661. The topological polar surface area (TPSA) is 32.3 Å². The zero-order valence-electron chi connectivity index (χ0n) is 12.5. The number of nitrogens with zero attached hydrogens (tertiary/aromatic N) is 1. The van der Waals surface area contributed by atoms with E-state index in [-0.39, 0.29) is 11.9 Å². The van der Waals surface area contributed by atoms with E-state index in [4.69, 9.17) is 0 Å². The van der Waals surface area contributed by atoms with Crippen molar-refractivity contribution in [2.75, 3.05) is 19.6 Å². The molecule has 0 aromatic heterocycles. The molecule has 116 valence electrons. The van der Waals surface area contributed by atoms with Gasteiger partial charge in [-0.05, 0) is 79.8 Å². The quantitative estimate of drug-likeness (QED) is 0.800. The van der Waals surface area contributed by atoms with Crippen LogP contribution in [-0.2, 0) is 0 Å². The lowest BCUT2D eigenvalue weighted by atomic mass is 9.98. The van der Waals surface area contributed by atoms with Crippen LogP contribution in [0.25, 0.3) is 0 Å². The van der Waals surface area contributed by atoms with Gasteiger partial charge in [0, 0.05) is 21.5 Å². The molecule has 1 fully saturated rings. The molecule has 1 saturated heterocycles. The molecule has 2 rings (SSSR count). The van der Waals surface area contributed by atoms with Gasteiger partial charge in [-0.25, -0.2) is 0 Å². The van der Waals surface area contributed by atoms with Gasteiger partial charge in [0.05, 0.1) is 5.56 Å². The van der Waals surface area contributed by atoms with Gasteiger partial charge < -0.3 is 10.2 Å². The summed E-state index contributed by atoms with van der Waals surface area (Å²) in [6.07, 6.45) is 2.40. The fourth-order valence-corrected chi connectivity index (χ4v) is 3.92. The van der Waals surface area contributed by atoms with Crippen molar-refractivity contribution >= 4 is 37.8 Å². The van der Waals surface area contributed by atoms with Crippen molar-refractivity contribution in [3.05, 3.63) is 32.7 Å². The van der Waals surface area contributed by atoms with E-state index in [2.05, 4.69) is 51.0 Å². The number of carbonyl (C=O) groups excluding carboxylic acids is 1. The molecule has 1 atom stereocenters. The Kier molecular flexibility index (Phi) is 6.26. The highest BCUT2D eigenvalue weighted by atomic mass is 79.9. The maximum Gasteiger partial charge on any atom is 0.255 e. The van der Waals surface area contributed by atoms with Crippen LogP contribution >= 0.6 is 31.9 Å². The minimum atomic E-state index is 0.106. The Morgan fingerprint density at radius 2 is 2.19 bits per heavy atom. The summed E-state index contributed by atoms with van der Waals surface area (Å²) in [4.78, 5) is 14.8. The molecule has 0 spiro atoms. The summed E-state index contributed by atoms with van der Waals surface area (Å²) in [6.45, 7) is 7.11. The number of hydrogen-bond donors (Lipinski definition) is 1. The molecule has 21 heavy (non-hydrogen) atoms. The van der Waals surface area contributed by atoms with E-state index < -0.39 is 0 Å². The maximum atomic E-state index is 12.9. The van der Waals surface area contributed by atoms with Crippen LogP contribution in [0.5, 0.6) is 0 Å². The predicted octanol–water partition coefficient (Wildman–Crippen LogP) is 4.06. The number of rotatable bonds is 4. The lowest BCUT2D eigenvalue weighted by Crippen LogP contribution is -2.44. The molecule has 1 aromatic rings. The number of piperidine rings is 1. The second-order valence-electron chi connectivity index (χ2n) is 5.89. The van der Waals surface area contributed by atoms with Crippen LogP contribution in [0.15, 0.2) is 27.1 Å². The van der Waals surface area contributed by atoms with E-state index in [1.165, 1.54) is 12.8 Å². The average Bonchev–Trinajstić information content (AvgIpc) is 2.45. The van der Waals surface area contributed by atoms with Crippen LogP contribution in [0.1, 0.15) is 37.0 Å². The lowest BCUT2D eigenvalue weighted by Gasteiger charge is -2.33. The van der Waals surface area contributed by atoms with Crippen LogP contribution in [0.2, 0.25) is 0 Å². The SMILES string of the molecule is CC(C)N(CC1CCCNC1)C(=O)c1ccc(Br)cc1Br. The Labute approximate surface area is 143 Å². The number of carbonyl (C=O) groups is 1. The molecule has 0 aliphatic carbocycles. The highest BCUT2D eigenvalue weighted by Crippen LogP contribution is 2.25. The van der Waals surface area contributed by atoms with Crippen molar-refractivity contribution in [1.82, 2.24) is 10.2 Å². The standard InChI is InChI=1S/C16H22Br2N2O/c1-11(2)20(10-12-4-3-7-19-9-12)16(21)14-6-5-13(17)8-15(14)18/h5-6,8,11-12,19H,3-4,7,9-10H2,1-2H3. The molecule has 5 heteroatoms. The number of nitrogens with one attached hydrogen (secondary N) is 1. The first-order valence-corrected chi connectivity index (χ1v) is 9.04. The molecule has 1 aliphatic rings. The third-order valence-electron chi connectivity index (χ3n) is 3.90. The van der Waals surface area contributed by atoms with E-state index in [9.17, 15) is 4.79 Å². The van der Waals surface area contributed by atoms with Gasteiger partial charge in [-0.2, -0.15) is 0 Å². The Morgan fingerprint density at radius 3 is 2.76 bits per heavy atom. The number of halogens is 2. The summed E-state index contributed by atoms with van der Waals surface area (Å²) in [7, 11) is 0. The summed E-state index contributed by atoms with van der Waals surface area (Å²) < 4.78 is 1.81. The Balaban J connectivity index is 2.14. The fourth-order valence-electron chi connectivity index (χ4n) is 2.70. The van der Waals surface area contributed by atoms with Crippen LogP contribution in [0.4, 0.5) is 0 Å². The normalized spacial score (nSPS) is 18.8. The zero-order valence-corrected chi connectivity index (χ0v) is 15.7. The molecule has 1 N–H and O–H groups in total. The maximum absolute atomic E-state index is 12.9. The Morgan fingerprint density at radius 1 is 1.43 bits per heavy atom. The number of benzene rings is 1. The Bertz CT molecular complexity index is 499. The molecule has 3 nitrogen and oxygen atoms in total. The second-order valence-corrected chi connectivity index (χ2v) is 7.66. The molecule has 0 saturated carbocycles. The number of amides is 1. The summed E-state index contributed by atoms with van der Waals surface area (Å²) >= 11 is 6.93. The second kappa shape index (κ2) is 7.75. The average molecular weight is 418 g/mol. The van der Waals surface area contributed by atoms with Gasteiger partial charge in [0.2, 0.25) is 0 Å². The third-order valence-corrected chi connectivity index (χ3v) is 5.05. The van der Waals surface area contributed by atoms with E-state index in [0.717, 1.165) is 34.1 Å². The monoisotopic (exact) mass is 416 g/mol. The molecule has 0 bridgehead atoms. The third kappa shape index (κ3) is 4.54. The Hall–Kier alpha value is -0.390. The highest BCUT2D eigenvalue weighted by molar-refractivity contribution is 9.11. The molecule has 1 amide bonds. The first-order valence-electron chi connectivity index (χ1n) is 7.45. The molecular weight excluding hydrogens is 396 g/mol. The number of hydrogen-bond acceptors (Lipinski definition) is 2. The predicted molar refractivity (Wildman–Crippen MR) is 93.6 cm³/mol. The summed E-state index contributed by atoms with van der Waals surface area (Å²) in [5.41, 5.74) is 0.732. The van der Waals surface area contributed by atoms with E-state index in [1.54, 1.807) is 0 Å². The zero-order chi connectivity index (χ0) is 15.4. The van der Waals surface area contributed by atoms with E-state index in [1.807, 2.05) is 23.1 Å². The van der Waals surface area contributed by atoms with Crippen LogP contribution in [0.3, 0.4) is 0 Å². The van der Waals surface area contributed by atoms with Gasteiger partial charge in [0.15, 0.2) is 0 Å². The van der Waals surface area contributed by atoms with Gasteiger partial charge in [0.1, 0.15) is 0 Å². The first kappa shape index (κ1) is 17.0. The van der Waals surface area contributed by atoms with Crippen LogP contribution < -0.4 is 5.32 Å². The molecule has 1 heterocycles. The van der Waals surface area contributed by atoms with Gasteiger partial charge in [0.25, 0.3) is 5.91 Å². The van der Waals surface area contributed by atoms with Gasteiger partial charge in [-0.3, -0.25) is 4.79 Å². The summed E-state index contributed by atoms with van der Waals surface area (Å²) in [5, 5.41) is 3.42. The molecular formula is C16H22Br2N2O. The fraction of sp³-hybridized carbons (Fsp3) is 0.562. The van der Waals surface area contributed by atoms with Crippen molar-refractivity contribution in [3.63, 3.8) is 0 Å². The lowest BCUT2D eigenvalue weighted by molar-refractivity contribution is 0.0660. The minimum Gasteiger partial charge on any atom is -0.336 e. The van der Waals surface area contributed by atoms with Crippen molar-refractivity contribution in [1.29, 1.82) is 0 Å². The van der Waals surface area contributed by atoms with Gasteiger partial charge in [-0.15, -0.1) is 0 Å². The highest BCUT2D eigenvalue weighted by Gasteiger charge is 2.25. The van der Waals surface area contributed by atoms with Crippen molar-refractivity contribution in [2.45, 2.75) is 32.7 Å². The molecule has 1 aromatic carbocycles. The van der Waals surface area contributed by atoms with Crippen molar-refractivity contribution in [3.8, 4) is 0 Å². The minimum absolute atomic E-state index is 0.106. The smallest absolute Gasteiger partial charge is 0.255 e. The summed E-state index contributed by atoms with van der Waals surface area (Å²) in [6, 6.07) is 5.92. The van der Waals surface area contributed by atoms with E-state index in [0.29, 0.717) is 5.92 Å². The first-order chi connectivity index (χ1) is 9.99. The van der Waals surface area contributed by atoms with Gasteiger partial charge in [-0.1, -0.05) is 15.9 Å². The van der Waals surface area contributed by atoms with E-state index >= 15 is 0 Å². The van der Waals surface area contributed by atoms with Crippen LogP contribution in [0, 0.1) is 5.92 Å².